The second-order valence-electron chi connectivity index (χ2n) is 7.59. The molecular weight excluding hydrogens is 346 g/mol. The van der Waals surface area contributed by atoms with Crippen molar-refractivity contribution < 1.29 is 19.4 Å². The average Bonchev–Trinajstić information content (AvgIpc) is 2.67. The van der Waals surface area contributed by atoms with Crippen LogP contribution in [0.5, 0.6) is 11.5 Å². The smallest absolute Gasteiger partial charge is 0.256 e. The van der Waals surface area contributed by atoms with E-state index in [9.17, 15) is 9.90 Å². The van der Waals surface area contributed by atoms with Crippen molar-refractivity contribution in [1.29, 1.82) is 0 Å². The summed E-state index contributed by atoms with van der Waals surface area (Å²) in [5.41, 5.74) is -0.422. The molecule has 7 nitrogen and oxygen atoms in total. The molecule has 1 amide bonds. The Balaban J connectivity index is 1.71. The van der Waals surface area contributed by atoms with Gasteiger partial charge in [-0.3, -0.25) is 9.69 Å². The molecule has 0 aliphatic carbocycles. The number of hydrogen-bond donors (Lipinski definition) is 1. The molecule has 2 heterocycles. The summed E-state index contributed by atoms with van der Waals surface area (Å²) in [6, 6.07) is 5.66. The van der Waals surface area contributed by atoms with Crippen LogP contribution in [0.1, 0.15) is 18.4 Å². The Morgan fingerprint density at radius 3 is 2.52 bits per heavy atom. The summed E-state index contributed by atoms with van der Waals surface area (Å²) in [5.74, 6) is 1.10. The molecule has 1 aromatic rings. The maximum Gasteiger partial charge on any atom is 0.256 e. The SMILES string of the molecule is COc1cccc(CN2CCCC(O)(CN3CCN(C)CC3)C2=O)c1OC. The second kappa shape index (κ2) is 8.46. The van der Waals surface area contributed by atoms with E-state index >= 15 is 0 Å². The Labute approximate surface area is 161 Å². The number of hydrogen-bond acceptors (Lipinski definition) is 6. The molecule has 2 fully saturated rings. The van der Waals surface area contributed by atoms with Gasteiger partial charge in [0.1, 0.15) is 0 Å². The van der Waals surface area contributed by atoms with Gasteiger partial charge in [-0.2, -0.15) is 0 Å². The summed E-state index contributed by atoms with van der Waals surface area (Å²) < 4.78 is 10.8. The number of likely N-dealkylation sites (N-methyl/N-ethyl adjacent to an activating group) is 1. The van der Waals surface area contributed by atoms with Crippen LogP contribution in [0.2, 0.25) is 0 Å². The van der Waals surface area contributed by atoms with Gasteiger partial charge in [0.25, 0.3) is 5.91 Å². The number of rotatable bonds is 6. The van der Waals surface area contributed by atoms with E-state index in [1.165, 1.54) is 0 Å². The molecular formula is C20H31N3O4. The van der Waals surface area contributed by atoms with Crippen molar-refractivity contribution in [3.05, 3.63) is 23.8 Å². The van der Waals surface area contributed by atoms with Crippen molar-refractivity contribution in [2.75, 3.05) is 60.5 Å². The van der Waals surface area contributed by atoms with Crippen LogP contribution < -0.4 is 9.47 Å². The molecule has 0 spiro atoms. The van der Waals surface area contributed by atoms with E-state index in [0.29, 0.717) is 37.6 Å². The third-order valence-corrected chi connectivity index (χ3v) is 5.63. The number of carbonyl (C=O) groups is 1. The Morgan fingerprint density at radius 1 is 1.11 bits per heavy atom. The molecule has 2 aliphatic rings. The summed E-state index contributed by atoms with van der Waals surface area (Å²) in [7, 11) is 5.30. The number of piperidine rings is 1. The third-order valence-electron chi connectivity index (χ3n) is 5.63. The molecule has 27 heavy (non-hydrogen) atoms. The minimum Gasteiger partial charge on any atom is -0.493 e. The number of piperazine rings is 1. The predicted molar refractivity (Wildman–Crippen MR) is 103 cm³/mol. The molecule has 1 aromatic carbocycles. The quantitative estimate of drug-likeness (QED) is 0.791. The number of para-hydroxylation sites is 1. The van der Waals surface area contributed by atoms with Gasteiger partial charge < -0.3 is 24.4 Å². The van der Waals surface area contributed by atoms with Crippen LogP contribution >= 0.6 is 0 Å². The number of β-amino-alcohol motifs (C(OH)–C–C–N with tert-alkyl or cyclic N) is 1. The zero-order chi connectivity index (χ0) is 19.4. The minimum absolute atomic E-state index is 0.183. The number of amides is 1. The summed E-state index contributed by atoms with van der Waals surface area (Å²) in [6.07, 6.45) is 1.31. The highest BCUT2D eigenvalue weighted by molar-refractivity contribution is 5.86. The summed E-state index contributed by atoms with van der Waals surface area (Å²) in [5, 5.41) is 11.1. The van der Waals surface area contributed by atoms with E-state index in [1.54, 1.807) is 19.1 Å². The fraction of sp³-hybridized carbons (Fsp3) is 0.650. The highest BCUT2D eigenvalue weighted by Gasteiger charge is 2.43. The molecule has 0 saturated carbocycles. The maximum absolute atomic E-state index is 13.1. The topological polar surface area (TPSA) is 65.5 Å². The maximum atomic E-state index is 13.1. The lowest BCUT2D eigenvalue weighted by molar-refractivity contribution is -0.160. The molecule has 1 unspecified atom stereocenters. The molecule has 2 saturated heterocycles. The van der Waals surface area contributed by atoms with E-state index in [0.717, 1.165) is 38.2 Å². The summed E-state index contributed by atoms with van der Waals surface area (Å²) >= 11 is 0. The fourth-order valence-corrected chi connectivity index (χ4v) is 4.02. The number of benzene rings is 1. The Kier molecular flexibility index (Phi) is 6.24. The highest BCUT2D eigenvalue weighted by Crippen LogP contribution is 2.33. The number of carbonyl (C=O) groups excluding carboxylic acids is 1. The van der Waals surface area contributed by atoms with E-state index in [4.69, 9.17) is 9.47 Å². The third kappa shape index (κ3) is 4.36. The molecule has 3 rings (SSSR count). The van der Waals surface area contributed by atoms with Gasteiger partial charge in [0.2, 0.25) is 0 Å². The van der Waals surface area contributed by atoms with Crippen LogP contribution in [-0.2, 0) is 11.3 Å². The van der Waals surface area contributed by atoms with Gasteiger partial charge in [0.15, 0.2) is 17.1 Å². The average molecular weight is 377 g/mol. The van der Waals surface area contributed by atoms with E-state index in [-0.39, 0.29) is 5.91 Å². The van der Waals surface area contributed by atoms with Crippen molar-refractivity contribution in [3.63, 3.8) is 0 Å². The molecule has 7 heteroatoms. The lowest BCUT2D eigenvalue weighted by atomic mass is 9.90. The van der Waals surface area contributed by atoms with Gasteiger partial charge in [-0.1, -0.05) is 12.1 Å². The summed E-state index contributed by atoms with van der Waals surface area (Å²) in [4.78, 5) is 19.3. The van der Waals surface area contributed by atoms with E-state index in [1.807, 2.05) is 18.2 Å². The molecule has 2 aliphatic heterocycles. The number of likely N-dealkylation sites (tertiary alicyclic amines) is 1. The standard InChI is InChI=1S/C20H31N3O4/c1-21-10-12-22(13-11-21)15-20(25)8-5-9-23(19(20)24)14-16-6-4-7-17(26-2)18(16)27-3/h4,6-7,25H,5,8-15H2,1-3H3. The normalized spacial score (nSPS) is 24.9. The predicted octanol–water partition coefficient (Wildman–Crippen LogP) is 0.805. The number of ether oxygens (including phenoxy) is 2. The van der Waals surface area contributed by atoms with Crippen molar-refractivity contribution >= 4 is 5.91 Å². The first-order valence-electron chi connectivity index (χ1n) is 9.59. The highest BCUT2D eigenvalue weighted by atomic mass is 16.5. The van der Waals surface area contributed by atoms with Crippen LogP contribution in [0.3, 0.4) is 0 Å². The van der Waals surface area contributed by atoms with E-state index < -0.39 is 5.60 Å². The van der Waals surface area contributed by atoms with Gasteiger partial charge in [-0.15, -0.1) is 0 Å². The summed E-state index contributed by atoms with van der Waals surface area (Å²) in [6.45, 7) is 5.16. The van der Waals surface area contributed by atoms with Gasteiger partial charge in [0.05, 0.1) is 14.2 Å². The van der Waals surface area contributed by atoms with Crippen LogP contribution in [-0.4, -0.2) is 91.9 Å². The zero-order valence-electron chi connectivity index (χ0n) is 16.6. The van der Waals surface area contributed by atoms with Gasteiger partial charge in [-0.05, 0) is 26.0 Å². The fourth-order valence-electron chi connectivity index (χ4n) is 4.02. The van der Waals surface area contributed by atoms with Gasteiger partial charge >= 0.3 is 0 Å². The van der Waals surface area contributed by atoms with Crippen LogP contribution in [0.25, 0.3) is 0 Å². The van der Waals surface area contributed by atoms with Crippen LogP contribution in [0, 0.1) is 0 Å². The number of nitrogens with zero attached hydrogens (tertiary/aromatic N) is 3. The molecule has 0 aromatic heterocycles. The number of methoxy groups -OCH3 is 2. The molecule has 1 N–H and O–H groups in total. The van der Waals surface area contributed by atoms with Gasteiger partial charge in [-0.25, -0.2) is 0 Å². The molecule has 0 radical (unpaired) electrons. The lowest BCUT2D eigenvalue weighted by Crippen LogP contribution is -2.60. The molecule has 1 atom stereocenters. The first-order valence-corrected chi connectivity index (χ1v) is 9.59. The first-order chi connectivity index (χ1) is 13.0. The largest absolute Gasteiger partial charge is 0.493 e. The van der Waals surface area contributed by atoms with Crippen LogP contribution in [0.4, 0.5) is 0 Å². The van der Waals surface area contributed by atoms with Crippen molar-refractivity contribution in [2.24, 2.45) is 0 Å². The monoisotopic (exact) mass is 377 g/mol. The first kappa shape index (κ1) is 19.9. The van der Waals surface area contributed by atoms with E-state index in [2.05, 4.69) is 16.8 Å². The molecule has 0 bridgehead atoms. The zero-order valence-corrected chi connectivity index (χ0v) is 16.6. The lowest BCUT2D eigenvalue weighted by Gasteiger charge is -2.42. The van der Waals surface area contributed by atoms with Crippen molar-refractivity contribution in [1.82, 2.24) is 14.7 Å². The van der Waals surface area contributed by atoms with Crippen molar-refractivity contribution in [3.8, 4) is 11.5 Å². The Hall–Kier alpha value is -1.83. The second-order valence-corrected chi connectivity index (χ2v) is 7.59. The van der Waals surface area contributed by atoms with Crippen molar-refractivity contribution in [2.45, 2.75) is 25.0 Å². The number of aliphatic hydroxyl groups is 1. The molecule has 150 valence electrons. The minimum atomic E-state index is -1.31. The van der Waals surface area contributed by atoms with Crippen LogP contribution in [0.15, 0.2) is 18.2 Å². The Morgan fingerprint density at radius 2 is 1.85 bits per heavy atom. The Bertz CT molecular complexity index is 661. The van der Waals surface area contributed by atoms with Gasteiger partial charge in [0, 0.05) is 51.4 Å².